The van der Waals surface area contributed by atoms with Crippen LogP contribution in [0.2, 0.25) is 0 Å². The minimum atomic E-state index is -1.75. The van der Waals surface area contributed by atoms with Gasteiger partial charge in [-0.3, -0.25) is 5.41 Å². The smallest absolute Gasteiger partial charge is 0.191 e. The molecule has 0 saturated carbocycles. The third-order valence-corrected chi connectivity index (χ3v) is 1.48. The predicted octanol–water partition coefficient (Wildman–Crippen LogP) is -9.98. The molecule has 4 atom stereocenters. The zero-order chi connectivity index (χ0) is 19.3. The second kappa shape index (κ2) is 12.5. The predicted molar refractivity (Wildman–Crippen MR) is 68.2 cm³/mol. The van der Waals surface area contributed by atoms with Gasteiger partial charge in [0.1, 0.15) is 0 Å². The van der Waals surface area contributed by atoms with Gasteiger partial charge in [-0.1, -0.05) is 5.34 Å². The highest BCUT2D eigenvalue weighted by Crippen LogP contribution is 1.82. The lowest BCUT2D eigenvalue weighted by molar-refractivity contribution is -1.29. The van der Waals surface area contributed by atoms with E-state index in [1.165, 1.54) is 0 Å². The van der Waals surface area contributed by atoms with E-state index in [4.69, 9.17) is 17.1 Å². The van der Waals surface area contributed by atoms with Gasteiger partial charge in [-0.05, 0) is 31.4 Å². The van der Waals surface area contributed by atoms with Crippen molar-refractivity contribution in [2.24, 2.45) is 16.8 Å². The summed E-state index contributed by atoms with van der Waals surface area (Å²) in [5, 5.41) is 47.8. The quantitative estimate of drug-likeness (QED) is 0.0582. The fraction of sp³-hybridized carbons (Fsp3) is 0. The van der Waals surface area contributed by atoms with Crippen molar-refractivity contribution >= 4 is 11.7 Å². The highest BCUT2D eigenvalue weighted by atomic mass is 17.1. The average Bonchev–Trinajstić information content (AvgIpc) is 2.54. The summed E-state index contributed by atoms with van der Waals surface area (Å²) in [6.07, 6.45) is 0.513. The molecule has 0 spiro atoms. The van der Waals surface area contributed by atoms with E-state index >= 15 is 0 Å². The lowest BCUT2D eigenvalue weighted by Gasteiger charge is -2.30. The van der Waals surface area contributed by atoms with E-state index in [2.05, 4.69) is 31.4 Å². The lowest BCUT2D eigenvalue weighted by atomic mass is 11.0. The molecular weight excluding hydrogens is 358 g/mol. The van der Waals surface area contributed by atoms with Crippen LogP contribution in [0.3, 0.4) is 0 Å². The third kappa shape index (κ3) is 11.3. The van der Waals surface area contributed by atoms with Gasteiger partial charge in [-0.2, -0.15) is 5.23 Å². The van der Waals surface area contributed by atoms with Crippen molar-refractivity contribution in [1.29, 1.82) is 5.41 Å². The standard InChI is InChI=1S/C4H16N13O8/c1-2-8-16(21)25-12-17(10-23-14(6)19,11-24-15(7)20)9-22-13(18)4-3-5/h4-5,9-16H,1,6-7H2/q+1. The first-order valence-corrected chi connectivity index (χ1v) is 5.55. The van der Waals surface area contributed by atoms with Gasteiger partial charge >= 0.3 is 0 Å². The van der Waals surface area contributed by atoms with Gasteiger partial charge in [0.2, 0.25) is 0 Å². The van der Waals surface area contributed by atoms with E-state index in [9.17, 15) is 20.8 Å². The molecule has 21 heteroatoms. The second-order valence-corrected chi connectivity index (χ2v) is 3.23. The maximum absolute atomic E-state index is 11.2. The van der Waals surface area contributed by atoms with Gasteiger partial charge < -0.3 is 20.8 Å². The Morgan fingerprint density at radius 3 is 1.92 bits per heavy atom. The van der Waals surface area contributed by atoms with E-state index in [-0.39, 0.29) is 0 Å². The molecule has 0 aliphatic rings. The molecule has 0 aliphatic carbocycles. The molecular formula is C4H16N13O8+. The maximum Gasteiger partial charge on any atom is 0.191 e. The molecule has 0 saturated heterocycles. The van der Waals surface area contributed by atoms with Crippen LogP contribution in [0.5, 0.6) is 0 Å². The molecule has 0 heterocycles. The molecule has 0 aromatic rings. The zero-order valence-electron chi connectivity index (χ0n) is 12.1. The van der Waals surface area contributed by atoms with Crippen molar-refractivity contribution in [1.82, 2.24) is 22.4 Å². The molecule has 0 radical (unpaired) electrons. The largest absolute Gasteiger partial charge is 0.593 e. The van der Waals surface area contributed by atoms with Crippen molar-refractivity contribution in [3.05, 3.63) is 33.6 Å². The number of hydrogen-bond acceptors (Lipinski definition) is 16. The summed E-state index contributed by atoms with van der Waals surface area (Å²) < 4.78 is 0. The zero-order valence-corrected chi connectivity index (χ0v) is 12.1. The van der Waals surface area contributed by atoms with E-state index < -0.39 is 26.2 Å². The molecule has 144 valence electrons. The van der Waals surface area contributed by atoms with Crippen LogP contribution in [0.25, 0.3) is 0 Å². The van der Waals surface area contributed by atoms with E-state index in [1.54, 1.807) is 28.2 Å². The number of nitrogens with one attached hydrogen (secondary N) is 9. The molecule has 0 rings (SSSR count). The molecule has 25 heavy (non-hydrogen) atoms. The van der Waals surface area contributed by atoms with E-state index in [0.717, 1.165) is 0 Å². The molecule has 0 bridgehead atoms. The Morgan fingerprint density at radius 2 is 1.48 bits per heavy atom. The van der Waals surface area contributed by atoms with Crippen molar-refractivity contribution in [2.45, 2.75) is 0 Å². The van der Waals surface area contributed by atoms with Gasteiger partial charge in [0, 0.05) is 11.7 Å². The van der Waals surface area contributed by atoms with Gasteiger partial charge in [-0.25, -0.2) is 0 Å². The Balaban J connectivity index is 5.20. The average molecular weight is 374 g/mol. The number of hydroxylamine groups is 2. The monoisotopic (exact) mass is 374 g/mol. The van der Waals surface area contributed by atoms with Crippen LogP contribution in [0.1, 0.15) is 0 Å². The minimum absolute atomic E-state index is 0.513. The van der Waals surface area contributed by atoms with E-state index in [1.807, 2.05) is 5.87 Å². The first-order valence-electron chi connectivity index (χ1n) is 5.55. The number of hydrogen-bond donors (Lipinski definition) is 11. The van der Waals surface area contributed by atoms with Crippen LogP contribution in [0.4, 0.5) is 0 Å². The molecule has 4 unspecified atom stereocenters. The SMILES string of the molecule is C=C=N[NH+]([O-])ON[N+](NO[NH+](N)[O-])(NO[NH+](N)[O-])NO[NH+]([O-])C=C=N. The molecule has 0 amide bonds. The molecule has 13 N–H and O–H groups in total. The fourth-order valence-corrected chi connectivity index (χ4v) is 0.735. The Morgan fingerprint density at radius 1 is 1.00 bits per heavy atom. The van der Waals surface area contributed by atoms with Crippen molar-refractivity contribution in [3.63, 3.8) is 0 Å². The van der Waals surface area contributed by atoms with Gasteiger partial charge in [0.05, 0.1) is 27.3 Å². The molecule has 0 fully saturated rings. The Hall–Kier alpha value is -1.86. The van der Waals surface area contributed by atoms with Crippen molar-refractivity contribution < 1.29 is 45.9 Å². The normalized spacial score (nSPS) is 18.2. The number of nitrogens with zero attached hydrogens (tertiary/aromatic N) is 2. The van der Waals surface area contributed by atoms with Crippen molar-refractivity contribution in [3.8, 4) is 0 Å². The summed E-state index contributed by atoms with van der Waals surface area (Å²) in [5.74, 6) is 12.9. The summed E-state index contributed by atoms with van der Waals surface area (Å²) in [6, 6.07) is 0. The molecule has 21 nitrogen and oxygen atoms in total. The first-order chi connectivity index (χ1) is 11.7. The van der Waals surface area contributed by atoms with Crippen LogP contribution in [0, 0.1) is 26.2 Å². The Kier molecular flexibility index (Phi) is 11.6. The summed E-state index contributed by atoms with van der Waals surface area (Å²) >= 11 is 0. The molecule has 0 aliphatic heterocycles. The van der Waals surface area contributed by atoms with Gasteiger partial charge in [-0.15, -0.1) is 22.4 Å². The topological polar surface area (TPSA) is 283 Å². The summed E-state index contributed by atoms with van der Waals surface area (Å²) in [7, 11) is 0. The maximum atomic E-state index is 11.2. The third-order valence-electron chi connectivity index (χ3n) is 1.48. The van der Waals surface area contributed by atoms with Crippen molar-refractivity contribution in [2.75, 3.05) is 0 Å². The summed E-state index contributed by atoms with van der Waals surface area (Å²) in [5.41, 5.74) is 6.73. The highest BCUT2D eigenvalue weighted by molar-refractivity contribution is 5.45. The van der Waals surface area contributed by atoms with Crippen LogP contribution in [0.15, 0.2) is 17.9 Å². The number of quaternary nitrogens is 5. The fourth-order valence-electron chi connectivity index (χ4n) is 0.735. The lowest BCUT2D eigenvalue weighted by Crippen LogP contribution is -3.16. The minimum Gasteiger partial charge on any atom is -0.593 e. The number of nitrogens with two attached hydrogens (primary N) is 2. The number of rotatable bonds is 14. The van der Waals surface area contributed by atoms with E-state index in [0.29, 0.717) is 6.20 Å². The van der Waals surface area contributed by atoms with Crippen LogP contribution < -0.4 is 55.3 Å². The molecule has 0 aromatic carbocycles. The summed E-state index contributed by atoms with van der Waals surface area (Å²) in [4.78, 5) is 15.2. The Labute approximate surface area is 137 Å². The first kappa shape index (κ1) is 23.1. The Bertz CT molecular complexity index is 421. The van der Waals surface area contributed by atoms with Crippen LogP contribution in [-0.2, 0) is 19.8 Å². The van der Waals surface area contributed by atoms with Crippen LogP contribution >= 0.6 is 0 Å². The van der Waals surface area contributed by atoms with Gasteiger partial charge in [0.15, 0.2) is 6.20 Å². The van der Waals surface area contributed by atoms with Crippen LogP contribution in [-0.4, -0.2) is 16.7 Å². The highest BCUT2D eigenvalue weighted by Gasteiger charge is 2.39. The summed E-state index contributed by atoms with van der Waals surface area (Å²) in [6.45, 7) is 3.00. The second-order valence-electron chi connectivity index (χ2n) is 3.23. The molecule has 0 aromatic heterocycles. The van der Waals surface area contributed by atoms with Gasteiger partial charge in [0.25, 0.3) is 0 Å².